The number of aromatic nitrogens is 1. The third kappa shape index (κ3) is 7.83. The van der Waals surface area contributed by atoms with E-state index in [0.29, 0.717) is 49.5 Å². The maximum atomic E-state index is 13.1. The van der Waals surface area contributed by atoms with Gasteiger partial charge in [-0.3, -0.25) is 9.59 Å². The van der Waals surface area contributed by atoms with E-state index in [1.807, 2.05) is 46.0 Å². The second-order valence-electron chi connectivity index (χ2n) is 13.2. The number of amides is 2. The van der Waals surface area contributed by atoms with Gasteiger partial charge >= 0.3 is 0 Å². The van der Waals surface area contributed by atoms with Crippen molar-refractivity contribution in [3.63, 3.8) is 0 Å². The fraction of sp³-hybridized carbons (Fsp3) is 0.543. The van der Waals surface area contributed by atoms with Gasteiger partial charge in [-0.2, -0.15) is 0 Å². The topological polar surface area (TPSA) is 148 Å². The number of benzene rings is 2. The lowest BCUT2D eigenvalue weighted by Gasteiger charge is -2.40. The third-order valence-electron chi connectivity index (χ3n) is 9.42. The predicted octanol–water partition coefficient (Wildman–Crippen LogP) is 2.24. The molecule has 2 aliphatic rings. The zero-order valence-corrected chi connectivity index (χ0v) is 28.1. The first-order chi connectivity index (χ1) is 22.4. The molecule has 12 heteroatoms. The van der Waals surface area contributed by atoms with Crippen molar-refractivity contribution in [2.75, 3.05) is 39.3 Å². The summed E-state index contributed by atoms with van der Waals surface area (Å²) >= 11 is 6.63. The number of aliphatic hydroxyl groups excluding tert-OH is 4. The lowest BCUT2D eigenvalue weighted by molar-refractivity contribution is -0.231. The van der Waals surface area contributed by atoms with Crippen LogP contribution in [0, 0.1) is 0 Å². The molecule has 2 fully saturated rings. The van der Waals surface area contributed by atoms with Gasteiger partial charge in [-0.1, -0.05) is 54.9 Å². The van der Waals surface area contributed by atoms with Gasteiger partial charge in [0.2, 0.25) is 11.8 Å². The van der Waals surface area contributed by atoms with Crippen LogP contribution in [0.3, 0.4) is 0 Å². The van der Waals surface area contributed by atoms with E-state index in [1.165, 1.54) is 0 Å². The Morgan fingerprint density at radius 1 is 0.979 bits per heavy atom. The number of rotatable bonds is 11. The number of halogens is 1. The molecule has 0 spiro atoms. The largest absolute Gasteiger partial charge is 0.394 e. The van der Waals surface area contributed by atoms with Gasteiger partial charge in [-0.05, 0) is 50.4 Å². The van der Waals surface area contributed by atoms with Crippen LogP contribution in [-0.2, 0) is 27.3 Å². The van der Waals surface area contributed by atoms with Crippen LogP contribution in [0.15, 0.2) is 48.7 Å². The maximum absolute atomic E-state index is 13.1. The average Bonchev–Trinajstić information content (AvgIpc) is 3.43. The van der Waals surface area contributed by atoms with E-state index in [2.05, 4.69) is 17.1 Å². The molecule has 0 saturated carbocycles. The number of para-hydroxylation sites is 1. The van der Waals surface area contributed by atoms with Crippen molar-refractivity contribution in [2.24, 2.45) is 0 Å². The van der Waals surface area contributed by atoms with Gasteiger partial charge in [-0.25, -0.2) is 0 Å². The quantitative estimate of drug-likeness (QED) is 0.209. The second-order valence-corrected chi connectivity index (χ2v) is 13.6. The van der Waals surface area contributed by atoms with Crippen LogP contribution in [-0.4, -0.2) is 116 Å². The smallest absolute Gasteiger partial charge is 0.247 e. The van der Waals surface area contributed by atoms with Gasteiger partial charge in [0.25, 0.3) is 0 Å². The SMILES string of the molecule is CCN1CCN(C(=O)C(C)(C)NC(=O)CCCc2ccc(Cn3cc([C@@H]4O[C@H](CO)[C@@H](O)[C@H](O)[C@H]4O)c4cccc(Cl)c43)cc2)CC1. The Hall–Kier alpha value is -3.03. The van der Waals surface area contributed by atoms with Crippen LogP contribution in [0.25, 0.3) is 10.9 Å². The number of likely N-dealkylation sites (N-methyl/N-ethyl adjacent to an activating group) is 1. The number of nitrogens with one attached hydrogen (secondary N) is 1. The number of nitrogens with zero attached hydrogens (tertiary/aromatic N) is 3. The number of aryl methyl sites for hydroxylation is 1. The fourth-order valence-electron chi connectivity index (χ4n) is 6.64. The minimum Gasteiger partial charge on any atom is -0.394 e. The molecule has 1 aromatic heterocycles. The molecule has 5 atom stereocenters. The standard InChI is InChI=1S/C35H47ClN4O7/c1-4-38-15-17-39(18-16-38)34(46)35(2,3)37-28(42)10-5-7-22-11-13-23(14-12-22)19-40-20-25(24-8-6-9-26(36)29(24)40)33-32(45)31(44)30(43)27(21-41)47-33/h6,8-9,11-14,20,27,30-33,41,43-45H,4-5,7,10,15-19,21H2,1-3H3,(H,37,42)/t27-,30-,31+,32-,33+/m1/s1. The first kappa shape index (κ1) is 35.3. The molecule has 2 saturated heterocycles. The van der Waals surface area contributed by atoms with Gasteiger partial charge in [0.1, 0.15) is 36.1 Å². The lowest BCUT2D eigenvalue weighted by atomic mass is 9.91. The summed E-state index contributed by atoms with van der Waals surface area (Å²) in [6, 6.07) is 13.5. The van der Waals surface area contributed by atoms with Crippen molar-refractivity contribution < 1.29 is 34.8 Å². The normalized spacial score (nSPS) is 24.1. The van der Waals surface area contributed by atoms with E-state index in [9.17, 15) is 30.0 Å². The lowest BCUT2D eigenvalue weighted by Crippen LogP contribution is -2.59. The summed E-state index contributed by atoms with van der Waals surface area (Å²) in [7, 11) is 0. The summed E-state index contributed by atoms with van der Waals surface area (Å²) in [5, 5.41) is 45.3. The Bertz CT molecular complexity index is 1530. The van der Waals surface area contributed by atoms with Gasteiger partial charge in [0.05, 0.1) is 17.1 Å². The van der Waals surface area contributed by atoms with Gasteiger partial charge in [0, 0.05) is 56.3 Å². The van der Waals surface area contributed by atoms with Gasteiger partial charge in [0.15, 0.2) is 0 Å². The molecule has 2 amide bonds. The number of carbonyl (C=O) groups excluding carboxylic acids is 2. The summed E-state index contributed by atoms with van der Waals surface area (Å²) in [4.78, 5) is 30.0. The zero-order chi connectivity index (χ0) is 33.9. The summed E-state index contributed by atoms with van der Waals surface area (Å²) in [5.41, 5.74) is 2.47. The Morgan fingerprint density at radius 3 is 2.32 bits per heavy atom. The summed E-state index contributed by atoms with van der Waals surface area (Å²) < 4.78 is 7.82. The van der Waals surface area contributed by atoms with Crippen LogP contribution in [0.5, 0.6) is 0 Å². The number of piperazine rings is 1. The van der Waals surface area contributed by atoms with E-state index >= 15 is 0 Å². The molecule has 5 rings (SSSR count). The van der Waals surface area contributed by atoms with Crippen molar-refractivity contribution in [3.05, 3.63) is 70.4 Å². The Morgan fingerprint density at radius 2 is 1.66 bits per heavy atom. The van der Waals surface area contributed by atoms with Crippen molar-refractivity contribution in [1.82, 2.24) is 19.7 Å². The fourth-order valence-corrected chi connectivity index (χ4v) is 6.92. The molecule has 2 aromatic carbocycles. The first-order valence-electron chi connectivity index (χ1n) is 16.4. The maximum Gasteiger partial charge on any atom is 0.247 e. The first-order valence-corrected chi connectivity index (χ1v) is 16.8. The van der Waals surface area contributed by atoms with Crippen molar-refractivity contribution in [1.29, 1.82) is 0 Å². The summed E-state index contributed by atoms with van der Waals surface area (Å²) in [5.74, 6) is -0.187. The molecule has 0 bridgehead atoms. The van der Waals surface area contributed by atoms with Gasteiger partial charge in [-0.15, -0.1) is 0 Å². The van der Waals surface area contributed by atoms with Crippen LogP contribution >= 0.6 is 11.6 Å². The Kier molecular flexibility index (Phi) is 11.3. The van der Waals surface area contributed by atoms with Crippen LogP contribution in [0.2, 0.25) is 5.02 Å². The van der Waals surface area contributed by atoms with Crippen LogP contribution in [0.4, 0.5) is 0 Å². The van der Waals surface area contributed by atoms with Crippen LogP contribution < -0.4 is 5.32 Å². The molecule has 0 aliphatic carbocycles. The molecule has 0 radical (unpaired) electrons. The molecular weight excluding hydrogens is 624 g/mol. The molecule has 256 valence electrons. The van der Waals surface area contributed by atoms with E-state index in [4.69, 9.17) is 16.3 Å². The van der Waals surface area contributed by atoms with E-state index < -0.39 is 42.7 Å². The van der Waals surface area contributed by atoms with Crippen LogP contribution in [0.1, 0.15) is 56.4 Å². The molecule has 47 heavy (non-hydrogen) atoms. The number of ether oxygens (including phenoxy) is 1. The number of fused-ring (bicyclic) bond motifs is 1. The van der Waals surface area contributed by atoms with Crippen molar-refractivity contribution in [2.45, 2.75) is 82.6 Å². The number of hydrogen-bond acceptors (Lipinski definition) is 8. The van der Waals surface area contributed by atoms with E-state index in [1.54, 1.807) is 26.0 Å². The van der Waals surface area contributed by atoms with E-state index in [-0.39, 0.29) is 11.8 Å². The second kappa shape index (κ2) is 15.0. The zero-order valence-electron chi connectivity index (χ0n) is 27.3. The molecule has 2 aliphatic heterocycles. The Labute approximate surface area is 280 Å². The highest BCUT2D eigenvalue weighted by Crippen LogP contribution is 2.39. The predicted molar refractivity (Wildman–Crippen MR) is 179 cm³/mol. The Balaban J connectivity index is 1.19. The molecular formula is C35H47ClN4O7. The average molecular weight is 671 g/mol. The molecule has 11 nitrogen and oxygen atoms in total. The number of hydrogen-bond donors (Lipinski definition) is 5. The molecule has 3 heterocycles. The van der Waals surface area contributed by atoms with E-state index in [0.717, 1.165) is 41.7 Å². The van der Waals surface area contributed by atoms with Gasteiger partial charge < -0.3 is 44.8 Å². The molecule has 0 unspecified atom stereocenters. The molecule has 5 N–H and O–H groups in total. The monoisotopic (exact) mass is 670 g/mol. The van der Waals surface area contributed by atoms with Crippen molar-refractivity contribution in [3.8, 4) is 0 Å². The number of aliphatic hydroxyl groups is 4. The molecule has 3 aromatic rings. The minimum atomic E-state index is -1.48. The minimum absolute atomic E-state index is 0.0470. The van der Waals surface area contributed by atoms with Crippen molar-refractivity contribution >= 4 is 34.3 Å². The highest BCUT2D eigenvalue weighted by Gasteiger charge is 2.45. The third-order valence-corrected chi connectivity index (χ3v) is 9.72. The highest BCUT2D eigenvalue weighted by molar-refractivity contribution is 6.35. The highest BCUT2D eigenvalue weighted by atomic mass is 35.5. The summed E-state index contributed by atoms with van der Waals surface area (Å²) in [6.07, 6.45) is -2.83. The number of carbonyl (C=O) groups is 2. The summed E-state index contributed by atoms with van der Waals surface area (Å²) in [6.45, 7) is 9.64.